The molecule has 0 spiro atoms. The maximum absolute atomic E-state index is 10.5. The number of rotatable bonds is 5. The molecular weight excluding hydrogens is 178 g/mol. The summed E-state index contributed by atoms with van der Waals surface area (Å²) >= 11 is 0. The first-order valence-electron chi connectivity index (χ1n) is 4.82. The summed E-state index contributed by atoms with van der Waals surface area (Å²) in [6, 6.07) is 3.93. The quantitative estimate of drug-likeness (QED) is 0.779. The minimum absolute atomic E-state index is 0.239. The zero-order valence-corrected chi connectivity index (χ0v) is 8.31. The van der Waals surface area contributed by atoms with Crippen molar-refractivity contribution in [2.75, 3.05) is 0 Å². The Kier molecular flexibility index (Phi) is 4.11. The van der Waals surface area contributed by atoms with Crippen molar-refractivity contribution in [3.05, 3.63) is 30.1 Å². The molecule has 0 aliphatic heterocycles. The third kappa shape index (κ3) is 3.56. The Morgan fingerprint density at radius 3 is 2.71 bits per heavy atom. The molecule has 1 aromatic rings. The van der Waals surface area contributed by atoms with Crippen molar-refractivity contribution in [1.82, 2.24) is 4.98 Å². The van der Waals surface area contributed by atoms with Gasteiger partial charge >= 0.3 is 5.97 Å². The summed E-state index contributed by atoms with van der Waals surface area (Å²) in [4.78, 5) is 14.5. The first-order valence-corrected chi connectivity index (χ1v) is 4.82. The molecule has 0 aromatic carbocycles. The van der Waals surface area contributed by atoms with Crippen LogP contribution in [0.25, 0.3) is 0 Å². The van der Waals surface area contributed by atoms with E-state index in [1.807, 2.05) is 12.1 Å². The maximum Gasteiger partial charge on any atom is 0.306 e. The standard InChI is InChI=1S/C11H15NO2/c1-9(11(13)14)3-2-4-10-5-7-12-8-6-10/h5-9H,2-4H2,1H3,(H,13,14). The third-order valence-corrected chi connectivity index (χ3v) is 2.27. The van der Waals surface area contributed by atoms with E-state index in [0.29, 0.717) is 0 Å². The van der Waals surface area contributed by atoms with Gasteiger partial charge in [-0.15, -0.1) is 0 Å². The van der Waals surface area contributed by atoms with E-state index < -0.39 is 5.97 Å². The molecule has 3 nitrogen and oxygen atoms in total. The number of hydrogen-bond donors (Lipinski definition) is 1. The van der Waals surface area contributed by atoms with E-state index in [2.05, 4.69) is 4.98 Å². The smallest absolute Gasteiger partial charge is 0.306 e. The Bertz CT molecular complexity index is 285. The van der Waals surface area contributed by atoms with Gasteiger partial charge in [0.05, 0.1) is 5.92 Å². The molecule has 0 bridgehead atoms. The van der Waals surface area contributed by atoms with E-state index in [1.54, 1.807) is 19.3 Å². The molecule has 1 atom stereocenters. The van der Waals surface area contributed by atoms with Crippen LogP contribution in [0.3, 0.4) is 0 Å². The lowest BCUT2D eigenvalue weighted by molar-refractivity contribution is -0.141. The number of aromatic nitrogens is 1. The second-order valence-corrected chi connectivity index (χ2v) is 3.49. The molecular formula is C11H15NO2. The van der Waals surface area contributed by atoms with E-state index in [4.69, 9.17) is 5.11 Å². The average Bonchev–Trinajstić information content (AvgIpc) is 2.19. The molecule has 1 unspecified atom stereocenters. The van der Waals surface area contributed by atoms with Crippen molar-refractivity contribution in [3.8, 4) is 0 Å². The average molecular weight is 193 g/mol. The maximum atomic E-state index is 10.5. The van der Waals surface area contributed by atoms with Crippen LogP contribution in [-0.2, 0) is 11.2 Å². The predicted octanol–water partition coefficient (Wildman–Crippen LogP) is 2.12. The van der Waals surface area contributed by atoms with E-state index in [-0.39, 0.29) is 5.92 Å². The fourth-order valence-corrected chi connectivity index (χ4v) is 1.29. The van der Waals surface area contributed by atoms with Gasteiger partial charge < -0.3 is 5.11 Å². The number of aryl methyl sites for hydroxylation is 1. The SMILES string of the molecule is CC(CCCc1ccncc1)C(=O)O. The lowest BCUT2D eigenvalue weighted by Crippen LogP contribution is -2.09. The lowest BCUT2D eigenvalue weighted by Gasteiger charge is -2.05. The Morgan fingerprint density at radius 2 is 2.14 bits per heavy atom. The Labute approximate surface area is 83.8 Å². The van der Waals surface area contributed by atoms with Gasteiger partial charge in [0.25, 0.3) is 0 Å². The van der Waals surface area contributed by atoms with Gasteiger partial charge in [0.15, 0.2) is 0 Å². The van der Waals surface area contributed by atoms with E-state index in [0.717, 1.165) is 19.3 Å². The Morgan fingerprint density at radius 1 is 1.50 bits per heavy atom. The summed E-state index contributed by atoms with van der Waals surface area (Å²) in [7, 11) is 0. The molecule has 3 heteroatoms. The van der Waals surface area contributed by atoms with Crippen LogP contribution in [-0.4, -0.2) is 16.1 Å². The lowest BCUT2D eigenvalue weighted by atomic mass is 10.0. The van der Waals surface area contributed by atoms with Crippen LogP contribution in [0.15, 0.2) is 24.5 Å². The molecule has 0 aliphatic carbocycles. The van der Waals surface area contributed by atoms with Crippen LogP contribution >= 0.6 is 0 Å². The first kappa shape index (κ1) is 10.7. The molecule has 14 heavy (non-hydrogen) atoms. The Hall–Kier alpha value is -1.38. The van der Waals surface area contributed by atoms with Gasteiger partial charge in [-0.3, -0.25) is 9.78 Å². The summed E-state index contributed by atoms with van der Waals surface area (Å²) < 4.78 is 0. The second kappa shape index (κ2) is 5.37. The number of pyridine rings is 1. The summed E-state index contributed by atoms with van der Waals surface area (Å²) in [5, 5.41) is 8.67. The van der Waals surface area contributed by atoms with Crippen molar-refractivity contribution in [1.29, 1.82) is 0 Å². The summed E-state index contributed by atoms with van der Waals surface area (Å²) in [5.74, 6) is -0.948. The zero-order chi connectivity index (χ0) is 10.4. The molecule has 0 aliphatic rings. The van der Waals surface area contributed by atoms with Crippen molar-refractivity contribution in [3.63, 3.8) is 0 Å². The summed E-state index contributed by atoms with van der Waals surface area (Å²) in [6.45, 7) is 1.74. The molecule has 76 valence electrons. The highest BCUT2D eigenvalue weighted by molar-refractivity contribution is 5.69. The summed E-state index contributed by atoms with van der Waals surface area (Å²) in [5.41, 5.74) is 1.22. The number of carboxylic acids is 1. The van der Waals surface area contributed by atoms with Crippen molar-refractivity contribution in [2.45, 2.75) is 26.2 Å². The number of hydrogen-bond acceptors (Lipinski definition) is 2. The zero-order valence-electron chi connectivity index (χ0n) is 8.31. The van der Waals surface area contributed by atoms with Gasteiger partial charge in [0, 0.05) is 12.4 Å². The highest BCUT2D eigenvalue weighted by Gasteiger charge is 2.09. The monoisotopic (exact) mass is 193 g/mol. The van der Waals surface area contributed by atoms with Gasteiger partial charge in [-0.2, -0.15) is 0 Å². The van der Waals surface area contributed by atoms with Crippen molar-refractivity contribution < 1.29 is 9.90 Å². The molecule has 1 heterocycles. The van der Waals surface area contributed by atoms with Crippen LogP contribution in [0, 0.1) is 5.92 Å². The van der Waals surface area contributed by atoms with Gasteiger partial charge in [-0.05, 0) is 37.0 Å². The first-order chi connectivity index (χ1) is 6.70. The number of nitrogens with zero attached hydrogens (tertiary/aromatic N) is 1. The number of aliphatic carboxylic acids is 1. The number of carbonyl (C=O) groups is 1. The molecule has 1 rings (SSSR count). The molecule has 1 N–H and O–H groups in total. The molecule has 0 radical (unpaired) electrons. The highest BCUT2D eigenvalue weighted by atomic mass is 16.4. The Balaban J connectivity index is 2.26. The molecule has 0 saturated heterocycles. The molecule has 0 fully saturated rings. The molecule has 0 amide bonds. The van der Waals surface area contributed by atoms with Crippen LogP contribution in [0.5, 0.6) is 0 Å². The number of carboxylic acid groups (broad SMARTS) is 1. The third-order valence-electron chi connectivity index (χ3n) is 2.27. The van der Waals surface area contributed by atoms with Crippen LogP contribution < -0.4 is 0 Å². The fourth-order valence-electron chi connectivity index (χ4n) is 1.29. The van der Waals surface area contributed by atoms with Crippen LogP contribution in [0.4, 0.5) is 0 Å². The fraction of sp³-hybridized carbons (Fsp3) is 0.455. The van der Waals surface area contributed by atoms with Crippen molar-refractivity contribution >= 4 is 5.97 Å². The molecule has 0 saturated carbocycles. The molecule has 1 aromatic heterocycles. The second-order valence-electron chi connectivity index (χ2n) is 3.49. The minimum atomic E-state index is -0.709. The van der Waals surface area contributed by atoms with E-state index in [1.165, 1.54) is 5.56 Å². The van der Waals surface area contributed by atoms with E-state index >= 15 is 0 Å². The largest absolute Gasteiger partial charge is 0.481 e. The van der Waals surface area contributed by atoms with Crippen LogP contribution in [0.2, 0.25) is 0 Å². The van der Waals surface area contributed by atoms with E-state index in [9.17, 15) is 4.79 Å². The minimum Gasteiger partial charge on any atom is -0.481 e. The van der Waals surface area contributed by atoms with Gasteiger partial charge in [-0.1, -0.05) is 6.92 Å². The normalized spacial score (nSPS) is 12.4. The topological polar surface area (TPSA) is 50.2 Å². The summed E-state index contributed by atoms with van der Waals surface area (Å²) in [6.07, 6.45) is 6.10. The van der Waals surface area contributed by atoms with Crippen molar-refractivity contribution in [2.24, 2.45) is 5.92 Å². The van der Waals surface area contributed by atoms with Gasteiger partial charge in [0.1, 0.15) is 0 Å². The highest BCUT2D eigenvalue weighted by Crippen LogP contribution is 2.09. The van der Waals surface area contributed by atoms with Crippen LogP contribution in [0.1, 0.15) is 25.3 Å². The van der Waals surface area contributed by atoms with Gasteiger partial charge in [0.2, 0.25) is 0 Å². The van der Waals surface area contributed by atoms with Gasteiger partial charge in [-0.25, -0.2) is 0 Å². The predicted molar refractivity (Wildman–Crippen MR) is 54.0 cm³/mol.